The minimum absolute atomic E-state index is 0.0184. The van der Waals surface area contributed by atoms with Crippen molar-refractivity contribution < 1.29 is 17.9 Å². The molecule has 1 N–H and O–H groups in total. The molecule has 0 aliphatic rings. The lowest BCUT2D eigenvalue weighted by molar-refractivity contribution is -0.139. The van der Waals surface area contributed by atoms with Gasteiger partial charge in [-0.25, -0.2) is 4.98 Å². The molecule has 0 unspecified atom stereocenters. The van der Waals surface area contributed by atoms with Crippen LogP contribution in [0.15, 0.2) is 30.5 Å². The molecule has 136 valence electrons. The number of rotatable bonds is 5. The lowest BCUT2D eigenvalue weighted by Gasteiger charge is -2.19. The summed E-state index contributed by atoms with van der Waals surface area (Å²) in [5, 5.41) is 2.91. The van der Waals surface area contributed by atoms with Crippen molar-refractivity contribution in [2.24, 2.45) is 0 Å². The van der Waals surface area contributed by atoms with E-state index >= 15 is 0 Å². The van der Waals surface area contributed by atoms with Crippen LogP contribution in [-0.2, 0) is 11.6 Å². The maximum atomic E-state index is 13.0. The summed E-state index contributed by atoms with van der Waals surface area (Å²) in [6.07, 6.45) is -3.24. The SMILES string of the molecule is CCCOc1nc(Nc2ccc(C(C)(C)C)cc2)ncc1C(F)(F)F. The zero-order chi connectivity index (χ0) is 18.7. The van der Waals surface area contributed by atoms with E-state index in [1.165, 1.54) is 0 Å². The molecule has 2 aromatic rings. The summed E-state index contributed by atoms with van der Waals surface area (Å²) in [6, 6.07) is 7.60. The van der Waals surface area contributed by atoms with Crippen LogP contribution in [0.3, 0.4) is 0 Å². The van der Waals surface area contributed by atoms with Crippen molar-refractivity contribution in [3.63, 3.8) is 0 Å². The normalized spacial score (nSPS) is 12.1. The largest absolute Gasteiger partial charge is 0.477 e. The Morgan fingerprint density at radius 1 is 1.08 bits per heavy atom. The smallest absolute Gasteiger partial charge is 0.423 e. The van der Waals surface area contributed by atoms with Gasteiger partial charge in [-0.2, -0.15) is 18.2 Å². The Balaban J connectivity index is 2.24. The molecule has 0 fully saturated rings. The van der Waals surface area contributed by atoms with Crippen LogP contribution in [0.4, 0.5) is 24.8 Å². The van der Waals surface area contributed by atoms with Gasteiger partial charge in [0.05, 0.1) is 6.61 Å². The summed E-state index contributed by atoms with van der Waals surface area (Å²) in [5.74, 6) is -0.402. The molecule has 1 aromatic heterocycles. The van der Waals surface area contributed by atoms with Crippen LogP contribution in [0.2, 0.25) is 0 Å². The Morgan fingerprint density at radius 2 is 1.72 bits per heavy atom. The maximum Gasteiger partial charge on any atom is 0.423 e. The molecule has 0 aliphatic heterocycles. The number of aromatic nitrogens is 2. The molecule has 0 saturated carbocycles. The summed E-state index contributed by atoms with van der Waals surface area (Å²) in [7, 11) is 0. The van der Waals surface area contributed by atoms with E-state index in [1.54, 1.807) is 0 Å². The van der Waals surface area contributed by atoms with E-state index in [-0.39, 0.29) is 18.0 Å². The highest BCUT2D eigenvalue weighted by Gasteiger charge is 2.36. The molecular formula is C18H22F3N3O. The molecule has 0 bridgehead atoms. The zero-order valence-corrected chi connectivity index (χ0v) is 14.7. The Labute approximate surface area is 145 Å². The molecule has 25 heavy (non-hydrogen) atoms. The minimum atomic E-state index is -4.56. The van der Waals surface area contributed by atoms with E-state index < -0.39 is 17.6 Å². The van der Waals surface area contributed by atoms with Crippen molar-refractivity contribution in [3.8, 4) is 5.88 Å². The summed E-state index contributed by atoms with van der Waals surface area (Å²) < 4.78 is 44.2. The quantitative estimate of drug-likeness (QED) is 0.790. The lowest BCUT2D eigenvalue weighted by atomic mass is 9.87. The molecule has 1 heterocycles. The van der Waals surface area contributed by atoms with Gasteiger partial charge in [-0.1, -0.05) is 39.8 Å². The number of benzene rings is 1. The van der Waals surface area contributed by atoms with E-state index in [2.05, 4.69) is 36.1 Å². The molecule has 7 heteroatoms. The van der Waals surface area contributed by atoms with E-state index in [1.807, 2.05) is 31.2 Å². The molecule has 0 aliphatic carbocycles. The summed E-state index contributed by atoms with van der Waals surface area (Å²) >= 11 is 0. The fourth-order valence-corrected chi connectivity index (χ4v) is 2.11. The van der Waals surface area contributed by atoms with E-state index in [0.717, 1.165) is 11.8 Å². The fourth-order valence-electron chi connectivity index (χ4n) is 2.11. The Bertz CT molecular complexity index is 707. The van der Waals surface area contributed by atoms with Crippen molar-refractivity contribution in [2.45, 2.75) is 45.7 Å². The average Bonchev–Trinajstić information content (AvgIpc) is 2.51. The predicted molar refractivity (Wildman–Crippen MR) is 91.2 cm³/mol. The van der Waals surface area contributed by atoms with Gasteiger partial charge < -0.3 is 10.1 Å². The first kappa shape index (κ1) is 19.0. The van der Waals surface area contributed by atoms with Gasteiger partial charge in [0, 0.05) is 11.9 Å². The molecule has 0 atom stereocenters. The number of ether oxygens (including phenoxy) is 1. The highest BCUT2D eigenvalue weighted by atomic mass is 19.4. The third kappa shape index (κ3) is 5.08. The van der Waals surface area contributed by atoms with Crippen LogP contribution in [-0.4, -0.2) is 16.6 Å². The van der Waals surface area contributed by atoms with Gasteiger partial charge in [0.2, 0.25) is 11.8 Å². The third-order valence-electron chi connectivity index (χ3n) is 3.51. The summed E-state index contributed by atoms with van der Waals surface area (Å²) in [5.41, 5.74) is 0.881. The van der Waals surface area contributed by atoms with E-state index in [9.17, 15) is 13.2 Å². The number of hydrogen-bond acceptors (Lipinski definition) is 4. The highest BCUT2D eigenvalue weighted by molar-refractivity contribution is 5.54. The van der Waals surface area contributed by atoms with Crippen LogP contribution >= 0.6 is 0 Å². The Hall–Kier alpha value is -2.31. The fraction of sp³-hybridized carbons (Fsp3) is 0.444. The first-order valence-electron chi connectivity index (χ1n) is 8.06. The first-order valence-corrected chi connectivity index (χ1v) is 8.06. The van der Waals surface area contributed by atoms with Crippen LogP contribution in [0.1, 0.15) is 45.2 Å². The van der Waals surface area contributed by atoms with Crippen molar-refractivity contribution in [3.05, 3.63) is 41.6 Å². The molecule has 1 aromatic carbocycles. The molecule has 4 nitrogen and oxygen atoms in total. The van der Waals surface area contributed by atoms with Crippen molar-refractivity contribution in [1.29, 1.82) is 0 Å². The van der Waals surface area contributed by atoms with Gasteiger partial charge in [-0.3, -0.25) is 0 Å². The first-order chi connectivity index (χ1) is 11.6. The number of alkyl halides is 3. The number of halogens is 3. The Kier molecular flexibility index (Phi) is 5.55. The number of anilines is 2. The highest BCUT2D eigenvalue weighted by Crippen LogP contribution is 2.35. The number of hydrogen-bond donors (Lipinski definition) is 1. The van der Waals surface area contributed by atoms with E-state index in [0.29, 0.717) is 12.1 Å². The van der Waals surface area contributed by atoms with Gasteiger partial charge in [0.25, 0.3) is 0 Å². The van der Waals surface area contributed by atoms with Gasteiger partial charge in [-0.05, 0) is 29.5 Å². The number of nitrogens with zero attached hydrogens (tertiary/aromatic N) is 2. The predicted octanol–water partition coefficient (Wildman–Crippen LogP) is 5.33. The monoisotopic (exact) mass is 353 g/mol. The number of nitrogens with one attached hydrogen (secondary N) is 1. The molecule has 0 saturated heterocycles. The summed E-state index contributed by atoms with van der Waals surface area (Å²) in [4.78, 5) is 7.64. The standard InChI is InChI=1S/C18H22F3N3O/c1-5-10-25-15-14(18(19,20)21)11-22-16(24-15)23-13-8-6-12(7-9-13)17(2,3)4/h6-9,11H,5,10H2,1-4H3,(H,22,23,24). The van der Waals surface area contributed by atoms with Crippen LogP contribution in [0.5, 0.6) is 5.88 Å². The van der Waals surface area contributed by atoms with Crippen LogP contribution < -0.4 is 10.1 Å². The van der Waals surface area contributed by atoms with Gasteiger partial charge in [0.15, 0.2) is 0 Å². The molecule has 0 radical (unpaired) electrons. The van der Waals surface area contributed by atoms with Crippen molar-refractivity contribution >= 4 is 11.6 Å². The third-order valence-corrected chi connectivity index (χ3v) is 3.51. The van der Waals surface area contributed by atoms with Crippen molar-refractivity contribution in [2.75, 3.05) is 11.9 Å². The molecule has 0 amide bonds. The zero-order valence-electron chi connectivity index (χ0n) is 14.7. The maximum absolute atomic E-state index is 13.0. The second kappa shape index (κ2) is 7.29. The van der Waals surface area contributed by atoms with E-state index in [4.69, 9.17) is 4.74 Å². The topological polar surface area (TPSA) is 47.0 Å². The molecule has 0 spiro atoms. The van der Waals surface area contributed by atoms with Gasteiger partial charge in [-0.15, -0.1) is 0 Å². The average molecular weight is 353 g/mol. The second-order valence-corrected chi connectivity index (χ2v) is 6.71. The minimum Gasteiger partial charge on any atom is -0.477 e. The van der Waals surface area contributed by atoms with Crippen molar-refractivity contribution in [1.82, 2.24) is 9.97 Å². The van der Waals surface area contributed by atoms with Gasteiger partial charge >= 0.3 is 6.18 Å². The molecule has 2 rings (SSSR count). The second-order valence-electron chi connectivity index (χ2n) is 6.71. The summed E-state index contributed by atoms with van der Waals surface area (Å²) in [6.45, 7) is 8.27. The van der Waals surface area contributed by atoms with Crippen LogP contribution in [0, 0.1) is 0 Å². The van der Waals surface area contributed by atoms with Gasteiger partial charge in [0.1, 0.15) is 5.56 Å². The lowest BCUT2D eigenvalue weighted by Crippen LogP contribution is -2.13. The Morgan fingerprint density at radius 3 is 2.24 bits per heavy atom. The molecular weight excluding hydrogens is 331 g/mol. The van der Waals surface area contributed by atoms with Crippen LogP contribution in [0.25, 0.3) is 0 Å².